The summed E-state index contributed by atoms with van der Waals surface area (Å²) in [4.78, 5) is 16.7. The molecule has 128 valence electrons. The van der Waals surface area contributed by atoms with Gasteiger partial charge in [-0.15, -0.1) is 0 Å². The highest BCUT2D eigenvalue weighted by Gasteiger charge is 2.47. The van der Waals surface area contributed by atoms with Crippen LogP contribution < -0.4 is 4.74 Å². The molecule has 2 aromatic rings. The molecule has 0 radical (unpaired) electrons. The van der Waals surface area contributed by atoms with Crippen LogP contribution in [-0.2, 0) is 21.9 Å². The summed E-state index contributed by atoms with van der Waals surface area (Å²) in [6.07, 6.45) is 8.52. The van der Waals surface area contributed by atoms with E-state index in [0.29, 0.717) is 11.3 Å². The van der Waals surface area contributed by atoms with E-state index >= 15 is 0 Å². The Balaban J connectivity index is 1.84. The molecule has 24 heavy (non-hydrogen) atoms. The minimum absolute atomic E-state index is 0.0318. The van der Waals surface area contributed by atoms with Crippen LogP contribution in [0.15, 0.2) is 43.0 Å². The van der Waals surface area contributed by atoms with Crippen LogP contribution in [0.2, 0.25) is 0 Å². The maximum atomic E-state index is 12.8. The van der Waals surface area contributed by atoms with Crippen molar-refractivity contribution < 1.29 is 19.4 Å². The SMILES string of the molecule is COc1ccc(C(O)(C(=O)OCn2ccnc2)C2CCCC2)cc1. The van der Waals surface area contributed by atoms with Crippen LogP contribution in [0.4, 0.5) is 0 Å². The van der Waals surface area contributed by atoms with Gasteiger partial charge in [0.2, 0.25) is 0 Å². The maximum Gasteiger partial charge on any atom is 0.344 e. The number of aliphatic hydroxyl groups is 1. The van der Waals surface area contributed by atoms with Gasteiger partial charge in [0.15, 0.2) is 12.3 Å². The largest absolute Gasteiger partial charge is 0.497 e. The number of carbonyl (C=O) groups is 1. The van der Waals surface area contributed by atoms with Gasteiger partial charge in [0.25, 0.3) is 0 Å². The predicted molar refractivity (Wildman–Crippen MR) is 87.2 cm³/mol. The number of esters is 1. The number of aromatic nitrogens is 2. The van der Waals surface area contributed by atoms with E-state index in [9.17, 15) is 9.90 Å². The zero-order valence-electron chi connectivity index (χ0n) is 13.7. The number of rotatable bonds is 6. The Morgan fingerprint density at radius 1 is 1.33 bits per heavy atom. The second kappa shape index (κ2) is 7.05. The van der Waals surface area contributed by atoms with Crippen molar-refractivity contribution in [3.63, 3.8) is 0 Å². The van der Waals surface area contributed by atoms with Crippen LogP contribution in [0, 0.1) is 5.92 Å². The molecule has 1 saturated carbocycles. The van der Waals surface area contributed by atoms with Gasteiger partial charge in [-0.2, -0.15) is 0 Å². The van der Waals surface area contributed by atoms with E-state index in [4.69, 9.17) is 9.47 Å². The quantitative estimate of drug-likeness (QED) is 0.824. The van der Waals surface area contributed by atoms with Gasteiger partial charge in [-0.25, -0.2) is 9.78 Å². The molecule has 1 heterocycles. The average molecular weight is 330 g/mol. The number of nitrogens with zero attached hydrogens (tertiary/aromatic N) is 2. The van der Waals surface area contributed by atoms with Crippen molar-refractivity contribution >= 4 is 5.97 Å². The lowest BCUT2D eigenvalue weighted by molar-refractivity contribution is -0.177. The fourth-order valence-electron chi connectivity index (χ4n) is 3.32. The van der Waals surface area contributed by atoms with Gasteiger partial charge in [0, 0.05) is 18.3 Å². The molecule has 1 unspecified atom stereocenters. The summed E-state index contributed by atoms with van der Waals surface area (Å²) in [5.41, 5.74) is -1.09. The van der Waals surface area contributed by atoms with E-state index < -0.39 is 11.6 Å². The van der Waals surface area contributed by atoms with Crippen molar-refractivity contribution in [2.24, 2.45) is 5.92 Å². The number of hydrogen-bond acceptors (Lipinski definition) is 5. The van der Waals surface area contributed by atoms with E-state index in [2.05, 4.69) is 4.98 Å². The Kier molecular flexibility index (Phi) is 4.85. The Morgan fingerprint density at radius 3 is 2.62 bits per heavy atom. The third-order valence-electron chi connectivity index (χ3n) is 4.69. The van der Waals surface area contributed by atoms with Crippen molar-refractivity contribution in [3.8, 4) is 5.75 Å². The molecule has 6 heteroatoms. The first-order chi connectivity index (χ1) is 11.6. The molecule has 0 bridgehead atoms. The lowest BCUT2D eigenvalue weighted by Crippen LogP contribution is -2.43. The van der Waals surface area contributed by atoms with E-state index in [-0.39, 0.29) is 12.6 Å². The second-order valence-electron chi connectivity index (χ2n) is 6.11. The van der Waals surface area contributed by atoms with Crippen LogP contribution in [-0.4, -0.2) is 27.7 Å². The smallest absolute Gasteiger partial charge is 0.344 e. The second-order valence-corrected chi connectivity index (χ2v) is 6.11. The van der Waals surface area contributed by atoms with Crippen LogP contribution >= 0.6 is 0 Å². The zero-order chi connectivity index (χ0) is 17.0. The highest BCUT2D eigenvalue weighted by atomic mass is 16.6. The lowest BCUT2D eigenvalue weighted by atomic mass is 9.80. The first-order valence-electron chi connectivity index (χ1n) is 8.14. The van der Waals surface area contributed by atoms with Gasteiger partial charge in [-0.3, -0.25) is 0 Å². The van der Waals surface area contributed by atoms with Crippen LogP contribution in [0.25, 0.3) is 0 Å². The van der Waals surface area contributed by atoms with Gasteiger partial charge in [-0.05, 0) is 30.5 Å². The minimum atomic E-state index is -1.64. The molecule has 1 aromatic carbocycles. The molecular formula is C18H22N2O4. The Hall–Kier alpha value is -2.34. The van der Waals surface area contributed by atoms with Gasteiger partial charge in [-0.1, -0.05) is 25.0 Å². The molecule has 0 amide bonds. The number of hydrogen-bond donors (Lipinski definition) is 1. The molecular weight excluding hydrogens is 308 g/mol. The van der Waals surface area contributed by atoms with Crippen LogP contribution in [0.3, 0.4) is 0 Å². The standard InChI is InChI=1S/C18H22N2O4/c1-23-16-8-6-15(7-9-16)18(22,14-4-2-3-5-14)17(21)24-13-20-11-10-19-12-20/h6-12,14,22H,2-5,13H2,1H3. The average Bonchev–Trinajstić information content (AvgIpc) is 3.32. The number of imidazole rings is 1. The fourth-order valence-corrected chi connectivity index (χ4v) is 3.32. The molecule has 1 aromatic heterocycles. The number of benzene rings is 1. The molecule has 1 atom stereocenters. The summed E-state index contributed by atoms with van der Waals surface area (Å²) >= 11 is 0. The Labute approximate surface area is 141 Å². The highest BCUT2D eigenvalue weighted by molar-refractivity contribution is 5.81. The van der Waals surface area contributed by atoms with Gasteiger partial charge < -0.3 is 19.1 Å². The van der Waals surface area contributed by atoms with E-state index in [1.165, 1.54) is 0 Å². The molecule has 1 fully saturated rings. The van der Waals surface area contributed by atoms with Crippen molar-refractivity contribution in [2.45, 2.75) is 38.0 Å². The summed E-state index contributed by atoms with van der Waals surface area (Å²) in [5.74, 6) is -0.0752. The molecule has 1 aliphatic carbocycles. The number of methoxy groups -OCH3 is 1. The monoisotopic (exact) mass is 330 g/mol. The van der Waals surface area contributed by atoms with Crippen molar-refractivity contribution in [1.82, 2.24) is 9.55 Å². The van der Waals surface area contributed by atoms with Crippen LogP contribution in [0.1, 0.15) is 31.2 Å². The van der Waals surface area contributed by atoms with Gasteiger partial charge >= 0.3 is 5.97 Å². The Morgan fingerprint density at radius 2 is 2.04 bits per heavy atom. The van der Waals surface area contributed by atoms with E-state index in [0.717, 1.165) is 25.7 Å². The topological polar surface area (TPSA) is 73.6 Å². The maximum absolute atomic E-state index is 12.8. The lowest BCUT2D eigenvalue weighted by Gasteiger charge is -2.32. The molecule has 0 spiro atoms. The van der Waals surface area contributed by atoms with Crippen molar-refractivity contribution in [1.29, 1.82) is 0 Å². The summed E-state index contributed by atoms with van der Waals surface area (Å²) in [6.45, 7) is 0.0318. The van der Waals surface area contributed by atoms with Gasteiger partial charge in [0.05, 0.1) is 13.4 Å². The summed E-state index contributed by atoms with van der Waals surface area (Å²) in [5, 5.41) is 11.3. The number of carbonyl (C=O) groups excluding carboxylic acids is 1. The van der Waals surface area contributed by atoms with E-state index in [1.54, 1.807) is 54.7 Å². The molecule has 0 saturated heterocycles. The third-order valence-corrected chi connectivity index (χ3v) is 4.69. The summed E-state index contributed by atoms with van der Waals surface area (Å²) in [7, 11) is 1.58. The first-order valence-corrected chi connectivity index (χ1v) is 8.14. The normalized spacial score (nSPS) is 17.4. The highest BCUT2D eigenvalue weighted by Crippen LogP contribution is 2.42. The summed E-state index contributed by atoms with van der Waals surface area (Å²) in [6, 6.07) is 6.96. The van der Waals surface area contributed by atoms with Crippen LogP contribution in [0.5, 0.6) is 5.75 Å². The molecule has 0 aliphatic heterocycles. The van der Waals surface area contributed by atoms with Gasteiger partial charge in [0.1, 0.15) is 5.75 Å². The summed E-state index contributed by atoms with van der Waals surface area (Å²) < 4.78 is 12.2. The zero-order valence-corrected chi connectivity index (χ0v) is 13.7. The number of ether oxygens (including phenoxy) is 2. The molecule has 1 N–H and O–H groups in total. The Bertz CT molecular complexity index is 663. The molecule has 3 rings (SSSR count). The third kappa shape index (κ3) is 3.14. The molecule has 6 nitrogen and oxygen atoms in total. The van der Waals surface area contributed by atoms with Crippen molar-refractivity contribution in [2.75, 3.05) is 7.11 Å². The van der Waals surface area contributed by atoms with E-state index in [1.807, 2.05) is 0 Å². The first kappa shape index (κ1) is 16.5. The minimum Gasteiger partial charge on any atom is -0.497 e. The predicted octanol–water partition coefficient (Wildman–Crippen LogP) is 2.47. The fraction of sp³-hybridized carbons (Fsp3) is 0.444. The van der Waals surface area contributed by atoms with Crippen molar-refractivity contribution in [3.05, 3.63) is 48.5 Å². The molecule has 1 aliphatic rings.